The molecule has 1 atom stereocenters. The van der Waals surface area contributed by atoms with Gasteiger partial charge in [0.05, 0.1) is 5.69 Å². The van der Waals surface area contributed by atoms with Gasteiger partial charge in [-0.1, -0.05) is 140 Å². The van der Waals surface area contributed by atoms with Crippen LogP contribution in [0.2, 0.25) is 0 Å². The van der Waals surface area contributed by atoms with E-state index in [0.29, 0.717) is 5.69 Å². The van der Waals surface area contributed by atoms with Gasteiger partial charge in [0, 0.05) is 18.5 Å². The maximum absolute atomic E-state index is 13.0. The number of aliphatic carboxylic acids is 1. The fourth-order valence-corrected chi connectivity index (χ4v) is 6.78. The van der Waals surface area contributed by atoms with Crippen LogP contribution >= 0.6 is 0 Å². The number of carboxylic acid groups (broad SMARTS) is 1. The summed E-state index contributed by atoms with van der Waals surface area (Å²) in [6, 6.07) is 47.0. The van der Waals surface area contributed by atoms with Crippen LogP contribution < -0.4 is 5.32 Å². The van der Waals surface area contributed by atoms with Crippen LogP contribution in [-0.2, 0) is 21.5 Å². The van der Waals surface area contributed by atoms with Crippen molar-refractivity contribution in [2.45, 2.75) is 23.9 Å². The molecule has 0 aliphatic heterocycles. The van der Waals surface area contributed by atoms with E-state index in [1.807, 2.05) is 102 Å². The fraction of sp³-hybridized carbons (Fsp3) is 0.125. The molecule has 5 aromatic carbocycles. The highest BCUT2D eigenvalue weighted by Gasteiger charge is 2.39. The van der Waals surface area contributed by atoms with E-state index in [9.17, 15) is 14.7 Å². The summed E-state index contributed by atoms with van der Waals surface area (Å²) in [4.78, 5) is 25.4. The molecule has 1 aliphatic rings. The Morgan fingerprint density at radius 2 is 1.17 bits per heavy atom. The minimum absolute atomic E-state index is 0.0268. The third-order valence-electron chi connectivity index (χ3n) is 8.91. The van der Waals surface area contributed by atoms with Gasteiger partial charge in [0.25, 0.3) is 0 Å². The third-order valence-corrected chi connectivity index (χ3v) is 8.91. The molecule has 1 amide bonds. The second kappa shape index (κ2) is 12.8. The van der Waals surface area contributed by atoms with Crippen molar-refractivity contribution in [2.75, 3.05) is 6.61 Å². The van der Waals surface area contributed by atoms with Crippen molar-refractivity contribution in [3.63, 3.8) is 0 Å². The number of carbonyl (C=O) groups excluding carboxylic acids is 1. The predicted octanol–water partition coefficient (Wildman–Crippen LogP) is 7.26. The third kappa shape index (κ3) is 5.57. The maximum atomic E-state index is 13.0. The van der Waals surface area contributed by atoms with Crippen molar-refractivity contribution in [1.82, 2.24) is 15.1 Å². The quantitative estimate of drug-likeness (QED) is 0.158. The minimum Gasteiger partial charge on any atom is -0.480 e. The first-order chi connectivity index (χ1) is 23.1. The summed E-state index contributed by atoms with van der Waals surface area (Å²) in [6.45, 7) is 0.0918. The van der Waals surface area contributed by atoms with Crippen molar-refractivity contribution < 1.29 is 19.4 Å². The molecule has 1 aliphatic carbocycles. The van der Waals surface area contributed by atoms with Gasteiger partial charge in [-0.15, -0.1) is 0 Å². The van der Waals surface area contributed by atoms with Crippen LogP contribution in [0, 0.1) is 0 Å². The molecule has 0 spiro atoms. The van der Waals surface area contributed by atoms with E-state index >= 15 is 0 Å². The molecule has 7 rings (SSSR count). The number of aromatic nitrogens is 2. The number of hydrogen-bond donors (Lipinski definition) is 2. The fourth-order valence-electron chi connectivity index (χ4n) is 6.78. The van der Waals surface area contributed by atoms with Crippen molar-refractivity contribution >= 4 is 12.1 Å². The molecule has 232 valence electrons. The number of hydrogen-bond acceptors (Lipinski definition) is 4. The first-order valence-electron chi connectivity index (χ1n) is 15.6. The SMILES string of the molecule is O=C(NC(Cc1ccn(C(c2ccccc2)(c2ccccc2)c2ccccc2)n1)C(=O)O)OCC1c2ccccc2-c2ccccc21. The zero-order valence-electron chi connectivity index (χ0n) is 25.6. The first kappa shape index (κ1) is 29.7. The zero-order chi connectivity index (χ0) is 32.2. The predicted molar refractivity (Wildman–Crippen MR) is 180 cm³/mol. The van der Waals surface area contributed by atoms with E-state index in [2.05, 4.69) is 53.8 Å². The average molecular weight is 620 g/mol. The average Bonchev–Trinajstić information content (AvgIpc) is 3.71. The van der Waals surface area contributed by atoms with E-state index in [1.165, 1.54) is 0 Å². The molecule has 7 nitrogen and oxygen atoms in total. The summed E-state index contributed by atoms with van der Waals surface area (Å²) < 4.78 is 7.54. The zero-order valence-corrected chi connectivity index (χ0v) is 25.6. The molecule has 0 fully saturated rings. The molecule has 47 heavy (non-hydrogen) atoms. The van der Waals surface area contributed by atoms with Gasteiger partial charge < -0.3 is 15.2 Å². The summed E-state index contributed by atoms with van der Waals surface area (Å²) in [7, 11) is 0. The summed E-state index contributed by atoms with van der Waals surface area (Å²) in [5, 5.41) is 17.7. The topological polar surface area (TPSA) is 93.5 Å². The normalized spacial score (nSPS) is 12.9. The van der Waals surface area contributed by atoms with Crippen molar-refractivity contribution in [3.05, 3.63) is 185 Å². The number of ether oxygens (including phenoxy) is 1. The number of rotatable bonds is 10. The lowest BCUT2D eigenvalue weighted by Crippen LogP contribution is -2.43. The molecule has 2 N–H and O–H groups in total. The van der Waals surface area contributed by atoms with Crippen LogP contribution in [0.5, 0.6) is 0 Å². The number of carbonyl (C=O) groups is 2. The van der Waals surface area contributed by atoms with E-state index in [1.54, 1.807) is 6.07 Å². The molecule has 0 saturated heterocycles. The molecular weight excluding hydrogens is 586 g/mol. The van der Waals surface area contributed by atoms with Crippen LogP contribution in [0.4, 0.5) is 4.79 Å². The van der Waals surface area contributed by atoms with Gasteiger partial charge in [-0.2, -0.15) is 5.10 Å². The van der Waals surface area contributed by atoms with Gasteiger partial charge in [0.1, 0.15) is 18.2 Å². The Hall–Kier alpha value is -5.95. The molecule has 0 saturated carbocycles. The Morgan fingerprint density at radius 3 is 1.66 bits per heavy atom. The molecule has 1 heterocycles. The van der Waals surface area contributed by atoms with Crippen molar-refractivity contribution in [1.29, 1.82) is 0 Å². The van der Waals surface area contributed by atoms with E-state index in [4.69, 9.17) is 9.84 Å². The Morgan fingerprint density at radius 1 is 0.702 bits per heavy atom. The molecule has 0 radical (unpaired) electrons. The Bertz CT molecular complexity index is 1870. The van der Waals surface area contributed by atoms with Gasteiger partial charge in [-0.05, 0) is 45.0 Å². The first-order valence-corrected chi connectivity index (χ1v) is 15.6. The number of fused-ring (bicyclic) bond motifs is 3. The second-order valence-corrected chi connectivity index (χ2v) is 11.6. The van der Waals surface area contributed by atoms with Crippen LogP contribution in [0.15, 0.2) is 152 Å². The molecule has 0 bridgehead atoms. The lowest BCUT2D eigenvalue weighted by molar-refractivity contribution is -0.139. The molecule has 7 heteroatoms. The van der Waals surface area contributed by atoms with Gasteiger partial charge >= 0.3 is 12.1 Å². The Balaban J connectivity index is 1.14. The van der Waals surface area contributed by atoms with E-state index < -0.39 is 23.6 Å². The monoisotopic (exact) mass is 619 g/mol. The van der Waals surface area contributed by atoms with Crippen molar-refractivity contribution in [3.8, 4) is 11.1 Å². The maximum Gasteiger partial charge on any atom is 0.407 e. The second-order valence-electron chi connectivity index (χ2n) is 11.6. The lowest BCUT2D eigenvalue weighted by Gasteiger charge is -2.36. The lowest BCUT2D eigenvalue weighted by atomic mass is 9.77. The van der Waals surface area contributed by atoms with Gasteiger partial charge in [-0.3, -0.25) is 4.68 Å². The minimum atomic E-state index is -1.24. The number of alkyl carbamates (subject to hydrolysis) is 1. The largest absolute Gasteiger partial charge is 0.480 e. The van der Waals surface area contributed by atoms with Crippen LogP contribution in [-0.4, -0.2) is 39.6 Å². The highest BCUT2D eigenvalue weighted by atomic mass is 16.5. The Labute approximate surface area is 273 Å². The summed E-state index contributed by atoms with van der Waals surface area (Å²) >= 11 is 0. The van der Waals surface area contributed by atoms with Gasteiger partial charge in [0.15, 0.2) is 0 Å². The standard InChI is InChI=1S/C40H33N3O4/c44-38(45)37(41-39(46)47-27-36-34-22-12-10-20-32(34)33-21-11-13-23-35(33)36)26-31-24-25-43(42-31)40(28-14-4-1-5-15-28,29-16-6-2-7-17-29)30-18-8-3-9-19-30/h1-25,36-37H,26-27H2,(H,41,46)(H,44,45). The number of nitrogens with one attached hydrogen (secondary N) is 1. The molecular formula is C40H33N3O4. The van der Waals surface area contributed by atoms with Gasteiger partial charge in [0.2, 0.25) is 0 Å². The Kier molecular flexibility index (Phi) is 8.11. The number of benzene rings is 5. The number of amides is 1. The highest BCUT2D eigenvalue weighted by Crippen LogP contribution is 2.44. The highest BCUT2D eigenvalue weighted by molar-refractivity contribution is 5.81. The van der Waals surface area contributed by atoms with E-state index in [0.717, 1.165) is 38.9 Å². The summed E-state index contributed by atoms with van der Waals surface area (Å²) in [5.74, 6) is -1.30. The molecule has 6 aromatic rings. The smallest absolute Gasteiger partial charge is 0.407 e. The number of nitrogens with zero attached hydrogens (tertiary/aromatic N) is 2. The summed E-state index contributed by atoms with van der Waals surface area (Å²) in [5.41, 5.74) is 7.09. The van der Waals surface area contributed by atoms with Crippen molar-refractivity contribution in [2.24, 2.45) is 0 Å². The van der Waals surface area contributed by atoms with Gasteiger partial charge in [-0.25, -0.2) is 9.59 Å². The number of carboxylic acids is 1. The summed E-state index contributed by atoms with van der Waals surface area (Å²) in [6.07, 6.45) is 1.06. The van der Waals surface area contributed by atoms with E-state index in [-0.39, 0.29) is 18.9 Å². The van der Waals surface area contributed by atoms with Crippen LogP contribution in [0.3, 0.4) is 0 Å². The molecule has 1 aromatic heterocycles. The molecule has 1 unspecified atom stereocenters. The van der Waals surface area contributed by atoms with Crippen LogP contribution in [0.1, 0.15) is 39.4 Å². The van der Waals surface area contributed by atoms with Crippen LogP contribution in [0.25, 0.3) is 11.1 Å².